The van der Waals surface area contributed by atoms with E-state index in [9.17, 15) is 4.79 Å². The minimum absolute atomic E-state index is 0.104. The molecule has 5 aromatic rings. The smallest absolute Gasteiger partial charge is 0.319 e. The molecule has 0 radical (unpaired) electrons. The van der Waals surface area contributed by atoms with E-state index < -0.39 is 0 Å². The number of hydrogen-bond donors (Lipinski definition) is 2. The number of aromatic nitrogens is 9. The molecule has 4 heterocycles. The SMILES string of the molecule is Cc1cc(-c2c(-c3ccccc3)nc(N)[n+]3c(=O)n(CCc4nnn(C)n4)[nH]c23)cc(C)n1. The number of tetrazole rings is 1. The molecule has 0 aliphatic heterocycles. The summed E-state index contributed by atoms with van der Waals surface area (Å²) in [6, 6.07) is 13.7. The third-order valence-electron chi connectivity index (χ3n) is 5.34. The summed E-state index contributed by atoms with van der Waals surface area (Å²) in [6.07, 6.45) is 0.433. The lowest BCUT2D eigenvalue weighted by Gasteiger charge is -2.10. The second-order valence-corrected chi connectivity index (χ2v) is 7.87. The molecule has 11 nitrogen and oxygen atoms in total. The van der Waals surface area contributed by atoms with E-state index in [-0.39, 0.29) is 11.6 Å². The Labute approximate surface area is 188 Å². The Hall–Kier alpha value is -4.41. The third kappa shape index (κ3) is 3.73. The highest BCUT2D eigenvalue weighted by atomic mass is 16.2. The van der Waals surface area contributed by atoms with Gasteiger partial charge >= 0.3 is 11.6 Å². The van der Waals surface area contributed by atoms with Gasteiger partial charge in [-0.2, -0.15) is 9.48 Å². The van der Waals surface area contributed by atoms with Crippen LogP contribution in [0, 0.1) is 13.8 Å². The summed E-state index contributed by atoms with van der Waals surface area (Å²) in [7, 11) is 1.70. The molecule has 33 heavy (non-hydrogen) atoms. The van der Waals surface area contributed by atoms with Gasteiger partial charge in [-0.1, -0.05) is 30.3 Å². The highest BCUT2D eigenvalue weighted by Gasteiger charge is 2.26. The van der Waals surface area contributed by atoms with Crippen LogP contribution in [0.5, 0.6) is 0 Å². The number of nitrogens with one attached hydrogen (secondary N) is 1. The Morgan fingerprint density at radius 1 is 1.06 bits per heavy atom. The van der Waals surface area contributed by atoms with Crippen LogP contribution in [-0.2, 0) is 20.0 Å². The molecule has 0 saturated heterocycles. The lowest BCUT2D eigenvalue weighted by molar-refractivity contribution is -0.516. The van der Waals surface area contributed by atoms with Crippen LogP contribution in [0.25, 0.3) is 28.0 Å². The Kier molecular flexibility index (Phi) is 4.93. The summed E-state index contributed by atoms with van der Waals surface area (Å²) in [6.45, 7) is 4.21. The number of rotatable bonds is 5. The van der Waals surface area contributed by atoms with Gasteiger partial charge in [-0.15, -0.1) is 19.6 Å². The number of benzene rings is 1. The van der Waals surface area contributed by atoms with Crippen molar-refractivity contribution in [2.75, 3.05) is 5.73 Å². The van der Waals surface area contributed by atoms with Crippen molar-refractivity contribution in [3.8, 4) is 22.4 Å². The van der Waals surface area contributed by atoms with Crippen LogP contribution in [0.1, 0.15) is 17.2 Å². The molecule has 0 atom stereocenters. The Morgan fingerprint density at radius 2 is 1.79 bits per heavy atom. The standard InChI is InChI=1S/C22H22N10O/c1-13-11-16(12-14(2)24-13)18-19(15-7-5-4-6-8-15)25-21(23)32-20(18)28-31(22(32)33)10-9-17-26-29-30(3)27-17/h4-8,11-12H,9-10H2,1-3H3,(H2,23,24,25,28)/p+1. The van der Waals surface area contributed by atoms with E-state index in [2.05, 4.69) is 30.5 Å². The number of pyridine rings is 1. The largest absolute Gasteiger partial charge is 0.428 e. The second-order valence-electron chi connectivity index (χ2n) is 7.87. The number of nitrogens with zero attached hydrogens (tertiary/aromatic N) is 8. The van der Waals surface area contributed by atoms with Gasteiger partial charge in [0.05, 0.1) is 19.2 Å². The summed E-state index contributed by atoms with van der Waals surface area (Å²) < 4.78 is 2.89. The topological polar surface area (TPSA) is 137 Å². The molecule has 166 valence electrons. The lowest BCUT2D eigenvalue weighted by atomic mass is 9.99. The van der Waals surface area contributed by atoms with E-state index in [0.717, 1.165) is 28.1 Å². The Morgan fingerprint density at radius 3 is 2.45 bits per heavy atom. The van der Waals surface area contributed by atoms with Crippen molar-refractivity contribution in [2.45, 2.75) is 26.8 Å². The quantitative estimate of drug-likeness (QED) is 0.387. The molecule has 0 bridgehead atoms. The Balaban J connectivity index is 1.74. The zero-order valence-electron chi connectivity index (χ0n) is 18.5. The minimum Gasteiger partial charge on any atom is -0.319 e. The zero-order valence-corrected chi connectivity index (χ0v) is 18.5. The summed E-state index contributed by atoms with van der Waals surface area (Å²) in [5.74, 6) is 0.650. The van der Waals surface area contributed by atoms with Crippen LogP contribution in [0.15, 0.2) is 47.3 Å². The zero-order chi connectivity index (χ0) is 23.1. The van der Waals surface area contributed by atoms with Gasteiger partial charge in [0.25, 0.3) is 0 Å². The fraction of sp³-hybridized carbons (Fsp3) is 0.227. The van der Waals surface area contributed by atoms with Crippen LogP contribution in [-0.4, -0.2) is 40.0 Å². The van der Waals surface area contributed by atoms with Gasteiger partial charge in [0.15, 0.2) is 5.82 Å². The van der Waals surface area contributed by atoms with E-state index in [1.54, 1.807) is 7.05 Å². The molecule has 0 aliphatic carbocycles. The summed E-state index contributed by atoms with van der Waals surface area (Å²) in [5, 5.41) is 15.3. The number of hydrogen-bond acceptors (Lipinski definition) is 7. The average molecular weight is 443 g/mol. The predicted octanol–water partition coefficient (Wildman–Crippen LogP) is 1.00. The molecule has 0 unspecified atom stereocenters. The van der Waals surface area contributed by atoms with Crippen LogP contribution >= 0.6 is 0 Å². The van der Waals surface area contributed by atoms with Gasteiger partial charge in [-0.3, -0.25) is 4.98 Å². The number of anilines is 1. The number of aromatic amines is 1. The fourth-order valence-electron chi connectivity index (χ4n) is 4.00. The Bertz CT molecular complexity index is 1510. The molecular weight excluding hydrogens is 420 g/mol. The molecule has 4 aromatic heterocycles. The van der Waals surface area contributed by atoms with E-state index >= 15 is 0 Å². The number of H-pyrrole nitrogens is 1. The summed E-state index contributed by atoms with van der Waals surface area (Å²) in [5.41, 5.74) is 11.5. The molecule has 11 heteroatoms. The minimum atomic E-state index is -0.317. The van der Waals surface area contributed by atoms with Crippen molar-refractivity contribution in [1.82, 2.24) is 40.0 Å². The molecule has 0 aliphatic rings. The van der Waals surface area contributed by atoms with Crippen LogP contribution in [0.2, 0.25) is 0 Å². The summed E-state index contributed by atoms with van der Waals surface area (Å²) >= 11 is 0. The molecule has 3 N–H and O–H groups in total. The first-order chi connectivity index (χ1) is 15.9. The van der Waals surface area contributed by atoms with Crippen molar-refractivity contribution >= 4 is 11.6 Å². The van der Waals surface area contributed by atoms with Gasteiger partial charge in [0.2, 0.25) is 5.65 Å². The van der Waals surface area contributed by atoms with Gasteiger partial charge in [0, 0.05) is 23.4 Å². The second kappa shape index (κ2) is 7.93. The highest BCUT2D eigenvalue weighted by Crippen LogP contribution is 2.33. The molecule has 1 aromatic carbocycles. The first-order valence-corrected chi connectivity index (χ1v) is 10.5. The van der Waals surface area contributed by atoms with Crippen LogP contribution < -0.4 is 15.8 Å². The monoisotopic (exact) mass is 443 g/mol. The maximum absolute atomic E-state index is 13.2. The molecule has 0 saturated carbocycles. The van der Waals surface area contributed by atoms with Crippen molar-refractivity contribution in [3.63, 3.8) is 0 Å². The normalized spacial score (nSPS) is 11.4. The van der Waals surface area contributed by atoms with Gasteiger partial charge in [0.1, 0.15) is 5.69 Å². The van der Waals surface area contributed by atoms with Gasteiger partial charge < -0.3 is 5.73 Å². The number of nitrogens with two attached hydrogens (primary N) is 1. The summed E-state index contributed by atoms with van der Waals surface area (Å²) in [4.78, 5) is 23.8. The van der Waals surface area contributed by atoms with E-state index in [1.165, 1.54) is 13.9 Å². The highest BCUT2D eigenvalue weighted by molar-refractivity contribution is 5.88. The van der Waals surface area contributed by atoms with Gasteiger partial charge in [-0.25, -0.2) is 9.89 Å². The van der Waals surface area contributed by atoms with E-state index in [1.807, 2.05) is 56.3 Å². The van der Waals surface area contributed by atoms with Crippen molar-refractivity contribution in [1.29, 1.82) is 0 Å². The molecule has 5 rings (SSSR count). The van der Waals surface area contributed by atoms with Crippen LogP contribution in [0.3, 0.4) is 0 Å². The number of nitrogen functional groups attached to an aromatic ring is 1. The number of aryl methyl sites for hydroxylation is 5. The molecule has 0 amide bonds. The maximum atomic E-state index is 13.2. The third-order valence-corrected chi connectivity index (χ3v) is 5.34. The average Bonchev–Trinajstić information content (AvgIpc) is 3.35. The predicted molar refractivity (Wildman–Crippen MR) is 121 cm³/mol. The van der Waals surface area contributed by atoms with Crippen molar-refractivity contribution in [2.24, 2.45) is 7.05 Å². The van der Waals surface area contributed by atoms with E-state index in [4.69, 9.17) is 5.73 Å². The molecular formula is C22H23N10O+. The fourth-order valence-corrected chi connectivity index (χ4v) is 4.00. The van der Waals surface area contributed by atoms with Crippen molar-refractivity contribution in [3.05, 3.63) is 70.2 Å². The molecule has 0 spiro atoms. The van der Waals surface area contributed by atoms with E-state index in [0.29, 0.717) is 30.1 Å². The van der Waals surface area contributed by atoms with Gasteiger partial charge in [-0.05, 0) is 36.8 Å². The maximum Gasteiger partial charge on any atom is 0.428 e. The lowest BCUT2D eigenvalue weighted by Crippen LogP contribution is -2.44. The van der Waals surface area contributed by atoms with Crippen molar-refractivity contribution < 1.29 is 4.40 Å². The van der Waals surface area contributed by atoms with Crippen LogP contribution in [0.4, 0.5) is 5.95 Å². The first kappa shape index (κ1) is 20.5. The molecule has 0 fully saturated rings. The number of fused-ring (bicyclic) bond motifs is 1. The first-order valence-electron chi connectivity index (χ1n) is 10.5.